The molecule has 0 aromatic carbocycles. The average Bonchev–Trinajstić information content (AvgIpc) is 2.77. The van der Waals surface area contributed by atoms with E-state index in [2.05, 4.69) is 5.32 Å². The Balaban J connectivity index is 2.51. The fourth-order valence-corrected chi connectivity index (χ4v) is 2.22. The molecule has 1 aromatic rings. The van der Waals surface area contributed by atoms with Crippen LogP contribution in [0.25, 0.3) is 0 Å². The largest absolute Gasteiger partial charge is 0.467 e. The molecule has 1 N–H and O–H groups in total. The molecule has 1 aliphatic rings. The summed E-state index contributed by atoms with van der Waals surface area (Å²) in [4.78, 5) is 13.6. The maximum atomic E-state index is 11.8. The van der Waals surface area contributed by atoms with Crippen LogP contribution in [0.3, 0.4) is 0 Å². The molecule has 1 atom stereocenters. The van der Waals surface area contributed by atoms with Crippen molar-refractivity contribution in [2.45, 2.75) is 19.9 Å². The first kappa shape index (κ1) is 11.9. The minimum atomic E-state index is -0.286. The monoisotopic (exact) mass is 250 g/mol. The first-order valence-electron chi connectivity index (χ1n) is 5.31. The van der Waals surface area contributed by atoms with E-state index >= 15 is 0 Å². The van der Waals surface area contributed by atoms with Crippen LogP contribution in [0.4, 0.5) is 0 Å². The van der Waals surface area contributed by atoms with Gasteiger partial charge in [0.25, 0.3) is 0 Å². The van der Waals surface area contributed by atoms with Crippen molar-refractivity contribution in [2.24, 2.45) is 0 Å². The van der Waals surface area contributed by atoms with Crippen LogP contribution in [-0.4, -0.2) is 22.8 Å². The van der Waals surface area contributed by atoms with Crippen molar-refractivity contribution in [3.63, 3.8) is 0 Å². The van der Waals surface area contributed by atoms with Crippen LogP contribution in [0, 0.1) is 0 Å². The molecule has 0 saturated heterocycles. The Morgan fingerprint density at radius 3 is 2.82 bits per heavy atom. The molecule has 17 heavy (non-hydrogen) atoms. The second-order valence-electron chi connectivity index (χ2n) is 4.01. The molecule has 0 fully saturated rings. The Labute approximate surface area is 105 Å². The lowest BCUT2D eigenvalue weighted by molar-refractivity contribution is -0.114. The molecule has 1 unspecified atom stereocenters. The van der Waals surface area contributed by atoms with E-state index in [0.717, 1.165) is 5.70 Å². The van der Waals surface area contributed by atoms with Gasteiger partial charge in [0.05, 0.1) is 6.26 Å². The highest BCUT2D eigenvalue weighted by Crippen LogP contribution is 2.30. The van der Waals surface area contributed by atoms with E-state index < -0.39 is 0 Å². The molecule has 2 heterocycles. The Bertz CT molecular complexity index is 491. The minimum absolute atomic E-state index is 0.0192. The highest BCUT2D eigenvalue weighted by atomic mass is 32.1. The summed E-state index contributed by atoms with van der Waals surface area (Å²) in [5, 5.41) is 3.71. The van der Waals surface area contributed by atoms with Gasteiger partial charge in [0.1, 0.15) is 11.8 Å². The quantitative estimate of drug-likeness (QED) is 0.813. The third-order valence-electron chi connectivity index (χ3n) is 2.96. The third-order valence-corrected chi connectivity index (χ3v) is 3.35. The van der Waals surface area contributed by atoms with Crippen LogP contribution >= 0.6 is 12.2 Å². The fourth-order valence-electron chi connectivity index (χ4n) is 1.96. The van der Waals surface area contributed by atoms with Gasteiger partial charge in [0, 0.05) is 18.3 Å². The van der Waals surface area contributed by atoms with Crippen LogP contribution in [0.15, 0.2) is 34.1 Å². The number of hydrogen-bond donors (Lipinski definition) is 1. The van der Waals surface area contributed by atoms with Crippen LogP contribution < -0.4 is 5.32 Å². The van der Waals surface area contributed by atoms with Gasteiger partial charge >= 0.3 is 0 Å². The summed E-state index contributed by atoms with van der Waals surface area (Å²) in [6.45, 7) is 3.44. The molecular weight excluding hydrogens is 236 g/mol. The molecule has 5 heteroatoms. The molecule has 90 valence electrons. The normalized spacial score (nSPS) is 20.5. The summed E-state index contributed by atoms with van der Waals surface area (Å²) >= 11 is 5.22. The minimum Gasteiger partial charge on any atom is -0.467 e. The number of rotatable bonds is 2. The lowest BCUT2D eigenvalue weighted by atomic mass is 9.97. The summed E-state index contributed by atoms with van der Waals surface area (Å²) in [6.07, 6.45) is 1.59. The topological polar surface area (TPSA) is 45.5 Å². The first-order chi connectivity index (χ1) is 8.02. The lowest BCUT2D eigenvalue weighted by Gasteiger charge is -2.34. The van der Waals surface area contributed by atoms with Crippen molar-refractivity contribution in [3.8, 4) is 0 Å². The van der Waals surface area contributed by atoms with E-state index in [9.17, 15) is 4.79 Å². The maximum absolute atomic E-state index is 11.8. The van der Waals surface area contributed by atoms with Gasteiger partial charge in [-0.3, -0.25) is 4.79 Å². The SMILES string of the molecule is CC(=O)C1=C(C)N(C)C(=S)NC1c1ccco1. The molecule has 4 nitrogen and oxygen atoms in total. The van der Waals surface area contributed by atoms with E-state index in [1.807, 2.05) is 20.0 Å². The van der Waals surface area contributed by atoms with E-state index in [-0.39, 0.29) is 11.8 Å². The Kier molecular flexibility index (Phi) is 3.02. The Hall–Kier alpha value is -1.62. The summed E-state index contributed by atoms with van der Waals surface area (Å²) in [5.41, 5.74) is 1.55. The van der Waals surface area contributed by atoms with E-state index in [4.69, 9.17) is 16.6 Å². The third kappa shape index (κ3) is 1.98. The van der Waals surface area contributed by atoms with Crippen LogP contribution in [0.1, 0.15) is 25.6 Å². The summed E-state index contributed by atoms with van der Waals surface area (Å²) < 4.78 is 5.36. The standard InChI is InChI=1S/C12H14N2O2S/c1-7-10(8(2)15)11(9-5-4-6-16-9)13-12(17)14(7)3/h4-6,11H,1-3H3,(H,13,17). The van der Waals surface area contributed by atoms with Crippen molar-refractivity contribution in [1.82, 2.24) is 10.2 Å². The number of nitrogens with one attached hydrogen (secondary N) is 1. The average molecular weight is 250 g/mol. The van der Waals surface area contributed by atoms with Gasteiger partial charge in [-0.1, -0.05) is 0 Å². The number of Topliss-reactive ketones (excluding diaryl/α,β-unsaturated/α-hetero) is 1. The second kappa shape index (κ2) is 4.33. The number of carbonyl (C=O) groups is 1. The van der Waals surface area contributed by atoms with Crippen molar-refractivity contribution < 1.29 is 9.21 Å². The van der Waals surface area contributed by atoms with Crippen LogP contribution in [0.5, 0.6) is 0 Å². The number of nitrogens with zero attached hydrogens (tertiary/aromatic N) is 1. The smallest absolute Gasteiger partial charge is 0.173 e. The number of allylic oxidation sites excluding steroid dienone is 1. The van der Waals surface area contributed by atoms with Gasteiger partial charge in [-0.05, 0) is 38.2 Å². The predicted molar refractivity (Wildman–Crippen MR) is 68.3 cm³/mol. The number of ketones is 1. The molecule has 0 saturated carbocycles. The van der Waals surface area contributed by atoms with Crippen LogP contribution in [-0.2, 0) is 4.79 Å². The zero-order valence-corrected chi connectivity index (χ0v) is 10.8. The zero-order valence-electron chi connectivity index (χ0n) is 9.98. The molecule has 0 aliphatic carbocycles. The summed E-state index contributed by atoms with van der Waals surface area (Å²) in [6, 6.07) is 3.35. The lowest BCUT2D eigenvalue weighted by Crippen LogP contribution is -2.45. The molecule has 1 aromatic heterocycles. The number of thiocarbonyl (C=S) groups is 1. The Morgan fingerprint density at radius 2 is 2.29 bits per heavy atom. The summed E-state index contributed by atoms with van der Waals surface area (Å²) in [5.74, 6) is 0.718. The summed E-state index contributed by atoms with van der Waals surface area (Å²) in [7, 11) is 1.84. The fraction of sp³-hybridized carbons (Fsp3) is 0.333. The zero-order chi connectivity index (χ0) is 12.6. The molecule has 2 rings (SSSR count). The molecule has 0 spiro atoms. The van der Waals surface area contributed by atoms with E-state index in [1.54, 1.807) is 24.2 Å². The molecule has 1 aliphatic heterocycles. The number of hydrogen-bond acceptors (Lipinski definition) is 3. The van der Waals surface area contributed by atoms with Gasteiger partial charge in [0.2, 0.25) is 0 Å². The van der Waals surface area contributed by atoms with Crippen LogP contribution in [0.2, 0.25) is 0 Å². The van der Waals surface area contributed by atoms with Crippen molar-refractivity contribution >= 4 is 23.1 Å². The highest BCUT2D eigenvalue weighted by Gasteiger charge is 2.31. The van der Waals surface area contributed by atoms with Crippen molar-refractivity contribution in [1.29, 1.82) is 0 Å². The number of carbonyl (C=O) groups excluding carboxylic acids is 1. The maximum Gasteiger partial charge on any atom is 0.173 e. The highest BCUT2D eigenvalue weighted by molar-refractivity contribution is 7.80. The number of furan rings is 1. The van der Waals surface area contributed by atoms with Gasteiger partial charge in [-0.25, -0.2) is 0 Å². The molecule has 0 radical (unpaired) electrons. The second-order valence-corrected chi connectivity index (χ2v) is 4.40. The molecule has 0 amide bonds. The Morgan fingerprint density at radius 1 is 1.59 bits per heavy atom. The van der Waals surface area contributed by atoms with Gasteiger partial charge in [-0.15, -0.1) is 0 Å². The van der Waals surface area contributed by atoms with Crippen molar-refractivity contribution in [2.75, 3.05) is 7.05 Å². The van der Waals surface area contributed by atoms with E-state index in [0.29, 0.717) is 16.4 Å². The predicted octanol–water partition coefficient (Wildman–Crippen LogP) is 2.00. The molecule has 0 bridgehead atoms. The first-order valence-corrected chi connectivity index (χ1v) is 5.72. The van der Waals surface area contributed by atoms with Gasteiger partial charge in [0.15, 0.2) is 10.9 Å². The molecular formula is C12H14N2O2S. The van der Waals surface area contributed by atoms with Gasteiger partial charge < -0.3 is 14.6 Å². The van der Waals surface area contributed by atoms with Crippen molar-refractivity contribution in [3.05, 3.63) is 35.4 Å². The van der Waals surface area contributed by atoms with E-state index in [1.165, 1.54) is 0 Å². The van der Waals surface area contributed by atoms with Gasteiger partial charge in [-0.2, -0.15) is 0 Å².